The van der Waals surface area contributed by atoms with Crippen LogP contribution in [0.15, 0.2) is 18.2 Å². The van der Waals surface area contributed by atoms with Gasteiger partial charge in [0.15, 0.2) is 0 Å². The fraction of sp³-hybridized carbons (Fsp3) is 0.533. The molecule has 1 aliphatic carbocycles. The average molecular weight is 241 g/mol. The number of hydrogen-bond donors (Lipinski definition) is 1. The molecule has 2 fully saturated rings. The lowest BCUT2D eigenvalue weighted by atomic mass is 10.1. The number of nitriles is 1. The molecule has 0 radical (unpaired) electrons. The third kappa shape index (κ3) is 2.34. The average Bonchev–Trinajstić information content (AvgIpc) is 3.12. The summed E-state index contributed by atoms with van der Waals surface area (Å²) in [6.45, 7) is 4.36. The molecule has 3 rings (SSSR count). The van der Waals surface area contributed by atoms with Crippen molar-refractivity contribution in [2.45, 2.75) is 38.3 Å². The zero-order valence-electron chi connectivity index (χ0n) is 10.8. The van der Waals surface area contributed by atoms with E-state index in [1.165, 1.54) is 25.8 Å². The Morgan fingerprint density at radius 1 is 1.33 bits per heavy atom. The first-order valence-electron chi connectivity index (χ1n) is 6.77. The van der Waals surface area contributed by atoms with Gasteiger partial charge in [0, 0.05) is 25.2 Å². The maximum absolute atomic E-state index is 9.17. The van der Waals surface area contributed by atoms with Gasteiger partial charge in [-0.2, -0.15) is 5.26 Å². The Bertz CT molecular complexity index is 485. The van der Waals surface area contributed by atoms with E-state index < -0.39 is 0 Å². The van der Waals surface area contributed by atoms with Gasteiger partial charge in [0.1, 0.15) is 6.07 Å². The first kappa shape index (κ1) is 11.6. The predicted molar refractivity (Wildman–Crippen MR) is 72.5 cm³/mol. The monoisotopic (exact) mass is 241 g/mol. The number of hydrogen-bond acceptors (Lipinski definition) is 3. The molecule has 0 amide bonds. The first-order valence-corrected chi connectivity index (χ1v) is 6.77. The molecule has 94 valence electrons. The molecule has 18 heavy (non-hydrogen) atoms. The summed E-state index contributed by atoms with van der Waals surface area (Å²) in [6.07, 6.45) is 3.94. The number of benzene rings is 1. The van der Waals surface area contributed by atoms with E-state index >= 15 is 0 Å². The zero-order valence-corrected chi connectivity index (χ0v) is 10.8. The van der Waals surface area contributed by atoms with Crippen LogP contribution >= 0.6 is 0 Å². The topological polar surface area (TPSA) is 39.1 Å². The molecule has 0 bridgehead atoms. The van der Waals surface area contributed by atoms with Crippen LogP contribution in [-0.4, -0.2) is 30.1 Å². The summed E-state index contributed by atoms with van der Waals surface area (Å²) in [5, 5.41) is 12.7. The van der Waals surface area contributed by atoms with Crippen molar-refractivity contribution in [2.75, 3.05) is 18.4 Å². The molecule has 1 N–H and O–H groups in total. The molecule has 3 nitrogen and oxygen atoms in total. The highest BCUT2D eigenvalue weighted by Crippen LogP contribution is 2.31. The number of aryl methyl sites for hydroxylation is 1. The fourth-order valence-corrected chi connectivity index (χ4v) is 2.77. The SMILES string of the molecule is Cc1ccc(NC2CCN(C3CC3)C2)c(C#N)c1. The molecule has 0 spiro atoms. The van der Waals surface area contributed by atoms with Crippen molar-refractivity contribution < 1.29 is 0 Å². The van der Waals surface area contributed by atoms with Crippen molar-refractivity contribution in [3.63, 3.8) is 0 Å². The van der Waals surface area contributed by atoms with Crippen molar-refractivity contribution in [3.05, 3.63) is 29.3 Å². The third-order valence-corrected chi connectivity index (χ3v) is 3.94. The second kappa shape index (κ2) is 4.62. The van der Waals surface area contributed by atoms with Gasteiger partial charge in [-0.25, -0.2) is 0 Å². The van der Waals surface area contributed by atoms with Crippen LogP contribution in [-0.2, 0) is 0 Å². The third-order valence-electron chi connectivity index (χ3n) is 3.94. The van der Waals surface area contributed by atoms with E-state index in [0.717, 1.165) is 29.4 Å². The lowest BCUT2D eigenvalue weighted by molar-refractivity contribution is 0.326. The van der Waals surface area contributed by atoms with Crippen molar-refractivity contribution >= 4 is 5.69 Å². The summed E-state index contributed by atoms with van der Waals surface area (Å²) in [5.41, 5.74) is 2.90. The van der Waals surface area contributed by atoms with Gasteiger partial charge < -0.3 is 5.32 Å². The van der Waals surface area contributed by atoms with Crippen molar-refractivity contribution in [3.8, 4) is 6.07 Å². The van der Waals surface area contributed by atoms with E-state index in [2.05, 4.69) is 22.4 Å². The van der Waals surface area contributed by atoms with E-state index in [1.807, 2.05) is 19.1 Å². The maximum Gasteiger partial charge on any atom is 0.101 e. The minimum atomic E-state index is 0.500. The van der Waals surface area contributed by atoms with Crippen LogP contribution in [0, 0.1) is 18.3 Å². The van der Waals surface area contributed by atoms with Crippen LogP contribution in [0.4, 0.5) is 5.69 Å². The van der Waals surface area contributed by atoms with Crippen LogP contribution in [0.2, 0.25) is 0 Å². The highest BCUT2D eigenvalue weighted by molar-refractivity contribution is 5.59. The number of rotatable bonds is 3. The van der Waals surface area contributed by atoms with Crippen LogP contribution < -0.4 is 5.32 Å². The smallest absolute Gasteiger partial charge is 0.101 e. The Hall–Kier alpha value is -1.53. The number of nitrogens with zero attached hydrogens (tertiary/aromatic N) is 2. The van der Waals surface area contributed by atoms with Crippen molar-refractivity contribution in [1.29, 1.82) is 5.26 Å². The molecule has 3 heteroatoms. The zero-order chi connectivity index (χ0) is 12.5. The lowest BCUT2D eigenvalue weighted by Gasteiger charge is -2.17. The van der Waals surface area contributed by atoms with Gasteiger partial charge in [0.25, 0.3) is 0 Å². The normalized spacial score (nSPS) is 23.9. The summed E-state index contributed by atoms with van der Waals surface area (Å²) < 4.78 is 0. The summed E-state index contributed by atoms with van der Waals surface area (Å²) >= 11 is 0. The largest absolute Gasteiger partial charge is 0.380 e. The van der Waals surface area contributed by atoms with Crippen LogP contribution in [0.25, 0.3) is 0 Å². The number of anilines is 1. The molecule has 1 saturated carbocycles. The molecular formula is C15H19N3. The van der Waals surface area contributed by atoms with Gasteiger partial charge in [-0.1, -0.05) is 6.07 Å². The Labute approximate surface area is 108 Å². The van der Waals surface area contributed by atoms with Gasteiger partial charge in [0.05, 0.1) is 11.3 Å². The molecule has 1 heterocycles. The number of nitrogens with one attached hydrogen (secondary N) is 1. The van der Waals surface area contributed by atoms with Crippen LogP contribution in [0.5, 0.6) is 0 Å². The highest BCUT2D eigenvalue weighted by Gasteiger charge is 2.34. The van der Waals surface area contributed by atoms with E-state index in [9.17, 15) is 0 Å². The Morgan fingerprint density at radius 3 is 2.89 bits per heavy atom. The molecule has 0 aromatic heterocycles. The van der Waals surface area contributed by atoms with E-state index in [0.29, 0.717) is 6.04 Å². The summed E-state index contributed by atoms with van der Waals surface area (Å²) in [4.78, 5) is 2.58. The molecule has 1 unspecified atom stereocenters. The molecule has 1 aromatic rings. The second-order valence-electron chi connectivity index (χ2n) is 5.52. The minimum Gasteiger partial charge on any atom is -0.380 e. The van der Waals surface area contributed by atoms with E-state index in [1.54, 1.807) is 0 Å². The highest BCUT2D eigenvalue weighted by atomic mass is 15.2. The van der Waals surface area contributed by atoms with Gasteiger partial charge in [-0.15, -0.1) is 0 Å². The standard InChI is InChI=1S/C15H19N3/c1-11-2-5-15(12(8-11)9-16)17-13-6-7-18(10-13)14-3-4-14/h2,5,8,13-14,17H,3-4,6-7,10H2,1H3. The first-order chi connectivity index (χ1) is 8.76. The molecule has 2 aliphatic rings. The van der Waals surface area contributed by atoms with Crippen molar-refractivity contribution in [2.24, 2.45) is 0 Å². The lowest BCUT2D eigenvalue weighted by Crippen LogP contribution is -2.27. The quantitative estimate of drug-likeness (QED) is 0.883. The van der Waals surface area contributed by atoms with Crippen LogP contribution in [0.3, 0.4) is 0 Å². The molecule has 1 atom stereocenters. The van der Waals surface area contributed by atoms with E-state index in [-0.39, 0.29) is 0 Å². The molecule has 1 saturated heterocycles. The fourth-order valence-electron chi connectivity index (χ4n) is 2.77. The van der Waals surface area contributed by atoms with Crippen LogP contribution in [0.1, 0.15) is 30.4 Å². The summed E-state index contributed by atoms with van der Waals surface area (Å²) in [5.74, 6) is 0. The number of likely N-dealkylation sites (tertiary alicyclic amines) is 1. The van der Waals surface area contributed by atoms with Crippen molar-refractivity contribution in [1.82, 2.24) is 4.90 Å². The summed E-state index contributed by atoms with van der Waals surface area (Å²) in [7, 11) is 0. The Kier molecular flexibility index (Phi) is 2.97. The van der Waals surface area contributed by atoms with E-state index in [4.69, 9.17) is 5.26 Å². The molecular weight excluding hydrogens is 222 g/mol. The predicted octanol–water partition coefficient (Wildman–Crippen LogP) is 2.52. The molecule has 1 aliphatic heterocycles. The minimum absolute atomic E-state index is 0.500. The maximum atomic E-state index is 9.17. The second-order valence-corrected chi connectivity index (χ2v) is 5.52. The Balaban J connectivity index is 1.67. The Morgan fingerprint density at radius 2 is 2.17 bits per heavy atom. The molecule has 1 aromatic carbocycles. The van der Waals surface area contributed by atoms with Gasteiger partial charge in [0.2, 0.25) is 0 Å². The van der Waals surface area contributed by atoms with Gasteiger partial charge in [-0.05, 0) is 43.9 Å². The van der Waals surface area contributed by atoms with Gasteiger partial charge >= 0.3 is 0 Å². The van der Waals surface area contributed by atoms with Gasteiger partial charge in [-0.3, -0.25) is 4.90 Å². The summed E-state index contributed by atoms with van der Waals surface area (Å²) in [6, 6.07) is 9.69.